The highest BCUT2D eigenvalue weighted by molar-refractivity contribution is 5.91. The molecule has 2 heterocycles. The Hall–Kier alpha value is -2.89. The summed E-state index contributed by atoms with van der Waals surface area (Å²) in [5.41, 5.74) is 4.10. The molecule has 1 aromatic carbocycles. The van der Waals surface area contributed by atoms with Crippen LogP contribution < -0.4 is 5.32 Å². The zero-order chi connectivity index (χ0) is 18.9. The Bertz CT molecular complexity index is 838. The Morgan fingerprint density at radius 2 is 1.85 bits per heavy atom. The molecule has 6 nitrogen and oxygen atoms in total. The van der Waals surface area contributed by atoms with Gasteiger partial charge < -0.3 is 15.0 Å². The molecule has 0 aliphatic carbocycles. The summed E-state index contributed by atoms with van der Waals surface area (Å²) in [5.74, 6) is -0.374. The Balaban J connectivity index is 1.67. The number of nitrogens with one attached hydrogen (secondary N) is 1. The number of ether oxygens (including phenoxy) is 1. The van der Waals surface area contributed by atoms with Crippen LogP contribution in [0.3, 0.4) is 0 Å². The summed E-state index contributed by atoms with van der Waals surface area (Å²) in [4.78, 5) is 30.3. The lowest BCUT2D eigenvalue weighted by molar-refractivity contribution is 0.0600. The number of benzene rings is 1. The molecule has 0 spiro atoms. The number of hydrogen-bond donors (Lipinski definition) is 1. The predicted molar refractivity (Wildman–Crippen MR) is 99.0 cm³/mol. The molecule has 0 unspecified atom stereocenters. The van der Waals surface area contributed by atoms with Gasteiger partial charge in [-0.25, -0.2) is 9.59 Å². The van der Waals surface area contributed by atoms with Gasteiger partial charge in [0.05, 0.1) is 24.6 Å². The number of urea groups is 1. The molecule has 0 bridgehead atoms. The maximum atomic E-state index is 12.5. The van der Waals surface area contributed by atoms with E-state index in [2.05, 4.69) is 31.1 Å². The third-order valence-electron chi connectivity index (χ3n) is 4.42. The molecule has 2 amide bonds. The number of methoxy groups -OCH3 is 1. The van der Waals surface area contributed by atoms with Crippen LogP contribution >= 0.6 is 0 Å². The molecule has 0 saturated heterocycles. The average molecular weight is 353 g/mol. The van der Waals surface area contributed by atoms with Gasteiger partial charge in [0, 0.05) is 24.2 Å². The van der Waals surface area contributed by atoms with E-state index in [0.29, 0.717) is 24.3 Å². The van der Waals surface area contributed by atoms with Crippen molar-refractivity contribution < 1.29 is 14.3 Å². The standard InChI is InChI=1S/C20H23N3O3/c1-20(2,3)17-8-7-16(10-21-17)22-19(25)23-11-14-6-5-13(18(24)26-4)9-15(14)12-23/h5-10H,11-12H2,1-4H3,(H,22,25). The van der Waals surface area contributed by atoms with Gasteiger partial charge in [-0.2, -0.15) is 0 Å². The molecule has 136 valence electrons. The Morgan fingerprint density at radius 3 is 2.46 bits per heavy atom. The molecule has 1 N–H and O–H groups in total. The van der Waals surface area contributed by atoms with E-state index in [1.54, 1.807) is 23.2 Å². The van der Waals surface area contributed by atoms with Gasteiger partial charge in [-0.1, -0.05) is 26.8 Å². The molecule has 1 aliphatic rings. The zero-order valence-corrected chi connectivity index (χ0v) is 15.5. The highest BCUT2D eigenvalue weighted by atomic mass is 16.5. The van der Waals surface area contributed by atoms with Gasteiger partial charge in [0.2, 0.25) is 0 Å². The van der Waals surface area contributed by atoms with E-state index < -0.39 is 0 Å². The Labute approximate surface area is 153 Å². The summed E-state index contributed by atoms with van der Waals surface area (Å²) >= 11 is 0. The lowest BCUT2D eigenvalue weighted by atomic mass is 9.92. The molecular formula is C20H23N3O3. The number of esters is 1. The largest absolute Gasteiger partial charge is 0.465 e. The van der Waals surface area contributed by atoms with Crippen LogP contribution in [0.25, 0.3) is 0 Å². The summed E-state index contributed by atoms with van der Waals surface area (Å²) in [6.07, 6.45) is 1.68. The second-order valence-electron chi connectivity index (χ2n) is 7.44. The normalized spacial score (nSPS) is 13.3. The number of amides is 2. The first kappa shape index (κ1) is 17.9. The van der Waals surface area contributed by atoms with Gasteiger partial charge in [-0.15, -0.1) is 0 Å². The number of hydrogen-bond acceptors (Lipinski definition) is 4. The third kappa shape index (κ3) is 3.69. The minimum Gasteiger partial charge on any atom is -0.465 e. The number of aromatic nitrogens is 1. The van der Waals surface area contributed by atoms with E-state index in [0.717, 1.165) is 16.8 Å². The smallest absolute Gasteiger partial charge is 0.337 e. The van der Waals surface area contributed by atoms with Crippen molar-refractivity contribution in [3.05, 3.63) is 58.9 Å². The average Bonchev–Trinajstić information content (AvgIpc) is 3.04. The van der Waals surface area contributed by atoms with E-state index in [9.17, 15) is 9.59 Å². The first-order valence-electron chi connectivity index (χ1n) is 8.50. The minimum absolute atomic E-state index is 0.0313. The van der Waals surface area contributed by atoms with E-state index in [1.165, 1.54) is 7.11 Å². The van der Waals surface area contributed by atoms with Crippen LogP contribution in [0.4, 0.5) is 10.5 Å². The molecule has 6 heteroatoms. The van der Waals surface area contributed by atoms with Crippen molar-refractivity contribution in [3.63, 3.8) is 0 Å². The first-order valence-corrected chi connectivity index (χ1v) is 8.50. The maximum Gasteiger partial charge on any atom is 0.337 e. The third-order valence-corrected chi connectivity index (χ3v) is 4.42. The van der Waals surface area contributed by atoms with Crippen molar-refractivity contribution in [2.24, 2.45) is 0 Å². The summed E-state index contributed by atoms with van der Waals surface area (Å²) in [6, 6.07) is 8.98. The van der Waals surface area contributed by atoms with Crippen LogP contribution in [0.5, 0.6) is 0 Å². The zero-order valence-electron chi connectivity index (χ0n) is 15.5. The molecule has 2 aromatic rings. The fraction of sp³-hybridized carbons (Fsp3) is 0.350. The van der Waals surface area contributed by atoms with Gasteiger partial charge in [0.25, 0.3) is 0 Å². The molecule has 0 radical (unpaired) electrons. The van der Waals surface area contributed by atoms with E-state index in [1.807, 2.05) is 18.2 Å². The van der Waals surface area contributed by atoms with Crippen molar-refractivity contribution in [3.8, 4) is 0 Å². The Morgan fingerprint density at radius 1 is 1.12 bits per heavy atom. The quantitative estimate of drug-likeness (QED) is 0.836. The summed E-state index contributed by atoms with van der Waals surface area (Å²) < 4.78 is 4.74. The van der Waals surface area contributed by atoms with Gasteiger partial charge in [-0.3, -0.25) is 4.98 Å². The number of rotatable bonds is 2. The lowest BCUT2D eigenvalue weighted by Crippen LogP contribution is -2.30. The highest BCUT2D eigenvalue weighted by Gasteiger charge is 2.24. The second kappa shape index (κ2) is 6.78. The van der Waals surface area contributed by atoms with Crippen molar-refractivity contribution in [1.29, 1.82) is 0 Å². The van der Waals surface area contributed by atoms with Gasteiger partial charge in [0.15, 0.2) is 0 Å². The van der Waals surface area contributed by atoms with Gasteiger partial charge >= 0.3 is 12.0 Å². The maximum absolute atomic E-state index is 12.5. The predicted octanol–water partition coefficient (Wildman–Crippen LogP) is 3.71. The van der Waals surface area contributed by atoms with Gasteiger partial charge in [-0.05, 0) is 35.4 Å². The van der Waals surface area contributed by atoms with Gasteiger partial charge in [0.1, 0.15) is 0 Å². The van der Waals surface area contributed by atoms with Crippen molar-refractivity contribution >= 4 is 17.7 Å². The number of nitrogens with zero attached hydrogens (tertiary/aromatic N) is 2. The summed E-state index contributed by atoms with van der Waals surface area (Å²) in [5, 5.41) is 2.88. The van der Waals surface area contributed by atoms with E-state index >= 15 is 0 Å². The van der Waals surface area contributed by atoms with Crippen LogP contribution in [0.1, 0.15) is 48.0 Å². The fourth-order valence-corrected chi connectivity index (χ4v) is 2.90. The molecule has 1 aliphatic heterocycles. The number of carbonyl (C=O) groups excluding carboxylic acids is 2. The van der Waals surface area contributed by atoms with Crippen molar-refractivity contribution in [1.82, 2.24) is 9.88 Å². The molecular weight excluding hydrogens is 330 g/mol. The van der Waals surface area contributed by atoms with Crippen molar-refractivity contribution in [2.45, 2.75) is 39.3 Å². The molecule has 1 aromatic heterocycles. The van der Waals surface area contributed by atoms with Crippen LogP contribution in [0, 0.1) is 0 Å². The molecule has 0 fully saturated rings. The van der Waals surface area contributed by atoms with Crippen LogP contribution in [0.2, 0.25) is 0 Å². The number of anilines is 1. The lowest BCUT2D eigenvalue weighted by Gasteiger charge is -2.19. The van der Waals surface area contributed by atoms with E-state index in [4.69, 9.17) is 4.74 Å². The summed E-state index contributed by atoms with van der Waals surface area (Å²) in [7, 11) is 1.36. The topological polar surface area (TPSA) is 71.5 Å². The second-order valence-corrected chi connectivity index (χ2v) is 7.44. The molecule has 26 heavy (non-hydrogen) atoms. The minimum atomic E-state index is -0.374. The number of fused-ring (bicyclic) bond motifs is 1. The fourth-order valence-electron chi connectivity index (χ4n) is 2.90. The number of carbonyl (C=O) groups is 2. The van der Waals surface area contributed by atoms with Crippen LogP contribution in [0.15, 0.2) is 36.5 Å². The number of pyridine rings is 1. The monoisotopic (exact) mass is 353 g/mol. The highest BCUT2D eigenvalue weighted by Crippen LogP contribution is 2.25. The molecule has 0 saturated carbocycles. The first-order chi connectivity index (χ1) is 12.3. The van der Waals surface area contributed by atoms with Crippen LogP contribution in [-0.4, -0.2) is 29.0 Å². The van der Waals surface area contributed by atoms with Crippen molar-refractivity contribution in [2.75, 3.05) is 12.4 Å². The molecule has 3 rings (SSSR count). The SMILES string of the molecule is COC(=O)c1ccc2c(c1)CN(C(=O)Nc1ccc(C(C)(C)C)nc1)C2. The Kier molecular flexibility index (Phi) is 4.68. The summed E-state index contributed by atoms with van der Waals surface area (Å²) in [6.45, 7) is 7.25. The molecule has 0 atom stereocenters. The van der Waals surface area contributed by atoms with Crippen LogP contribution in [-0.2, 0) is 23.2 Å². The van der Waals surface area contributed by atoms with E-state index in [-0.39, 0.29) is 17.4 Å².